The highest BCUT2D eigenvalue weighted by Gasteiger charge is 2.66. The second-order valence-electron chi connectivity index (χ2n) is 9.90. The summed E-state index contributed by atoms with van der Waals surface area (Å²) in [6, 6.07) is 12.4. The first-order valence-electron chi connectivity index (χ1n) is 12.4. The molecule has 3 aliphatic rings. The minimum absolute atomic E-state index is 0.0136. The van der Waals surface area contributed by atoms with Gasteiger partial charge in [0.25, 0.3) is 17.6 Å². The van der Waals surface area contributed by atoms with E-state index in [0.29, 0.717) is 42.7 Å². The van der Waals surface area contributed by atoms with Crippen LogP contribution in [0.25, 0.3) is 5.76 Å². The largest absolute Gasteiger partial charge is 0.507 e. The summed E-state index contributed by atoms with van der Waals surface area (Å²) in [6.45, 7) is 5.06. The normalized spacial score (nSPS) is 24.1. The van der Waals surface area contributed by atoms with Crippen LogP contribution in [0.3, 0.4) is 0 Å². The number of hydrogen-bond acceptors (Lipinski definition) is 6. The van der Waals surface area contributed by atoms with Gasteiger partial charge in [-0.1, -0.05) is 18.2 Å². The molecule has 5 rings (SSSR count). The van der Waals surface area contributed by atoms with Crippen LogP contribution in [0.1, 0.15) is 37.0 Å². The lowest BCUT2D eigenvalue weighted by atomic mass is 9.81. The monoisotopic (exact) mass is 489 g/mol. The number of benzene rings is 2. The summed E-state index contributed by atoms with van der Waals surface area (Å²) in [5, 5.41) is 11.6. The zero-order valence-electron chi connectivity index (χ0n) is 21.1. The molecule has 2 aromatic carbocycles. The van der Waals surface area contributed by atoms with Crippen molar-refractivity contribution in [1.82, 2.24) is 9.80 Å². The van der Waals surface area contributed by atoms with E-state index in [0.717, 1.165) is 11.3 Å². The van der Waals surface area contributed by atoms with Crippen molar-refractivity contribution in [2.24, 2.45) is 0 Å². The minimum Gasteiger partial charge on any atom is -0.507 e. The summed E-state index contributed by atoms with van der Waals surface area (Å²) in [6.07, 6.45) is 1.25. The molecule has 2 aromatic rings. The number of Topliss-reactive ketones (excluding diaryl/α,β-unsaturated/α-hetero) is 1. The highest BCUT2D eigenvalue weighted by molar-refractivity contribution is 6.50. The van der Waals surface area contributed by atoms with Gasteiger partial charge in [0.15, 0.2) is 5.54 Å². The number of aliphatic hydroxyl groups is 1. The SMILES string of the molecule is CCN1C(=O)C2(/C(=C(\O)c3ccc4c(c3)CC(C)O4)C(=O)C(=O)N2CCCN(C)C)c2ccccc21. The Hall–Kier alpha value is -3.65. The quantitative estimate of drug-likeness (QED) is 0.381. The lowest BCUT2D eigenvalue weighted by Crippen LogP contribution is -2.52. The van der Waals surface area contributed by atoms with Crippen LogP contribution in [0.2, 0.25) is 0 Å². The first-order chi connectivity index (χ1) is 17.2. The molecule has 0 aliphatic carbocycles. The Bertz CT molecular complexity index is 1300. The van der Waals surface area contributed by atoms with Crippen LogP contribution in [0.4, 0.5) is 5.69 Å². The second kappa shape index (κ2) is 8.78. The highest BCUT2D eigenvalue weighted by Crippen LogP contribution is 2.53. The van der Waals surface area contributed by atoms with E-state index in [2.05, 4.69) is 0 Å². The number of likely N-dealkylation sites (tertiary alicyclic amines) is 1. The fourth-order valence-corrected chi connectivity index (χ4v) is 5.74. The van der Waals surface area contributed by atoms with Gasteiger partial charge in [0.2, 0.25) is 0 Å². The number of aliphatic hydroxyl groups excluding tert-OH is 1. The maximum absolute atomic E-state index is 14.2. The number of carbonyl (C=O) groups is 3. The molecule has 0 bridgehead atoms. The molecule has 8 heteroatoms. The third-order valence-corrected chi connectivity index (χ3v) is 7.28. The molecular weight excluding hydrogens is 458 g/mol. The van der Waals surface area contributed by atoms with Gasteiger partial charge in [-0.15, -0.1) is 0 Å². The first kappa shape index (κ1) is 24.1. The van der Waals surface area contributed by atoms with Crippen LogP contribution in [-0.2, 0) is 26.3 Å². The number of ketones is 1. The Morgan fingerprint density at radius 2 is 1.92 bits per heavy atom. The number of para-hydroxylation sites is 1. The van der Waals surface area contributed by atoms with Gasteiger partial charge >= 0.3 is 0 Å². The van der Waals surface area contributed by atoms with Crippen molar-refractivity contribution in [2.45, 2.75) is 38.3 Å². The summed E-state index contributed by atoms with van der Waals surface area (Å²) in [5.74, 6) is -1.61. The number of nitrogens with zero attached hydrogens (tertiary/aromatic N) is 3. The number of carbonyl (C=O) groups excluding carboxylic acids is 3. The van der Waals surface area contributed by atoms with Crippen molar-refractivity contribution in [1.29, 1.82) is 0 Å². The maximum atomic E-state index is 14.2. The van der Waals surface area contributed by atoms with E-state index >= 15 is 0 Å². The Morgan fingerprint density at radius 1 is 1.17 bits per heavy atom. The Kier molecular flexibility index (Phi) is 5.87. The third kappa shape index (κ3) is 3.35. The molecule has 1 N–H and O–H groups in total. The zero-order valence-corrected chi connectivity index (χ0v) is 21.1. The standard InChI is InChI=1S/C28H31N3O5/c1-5-30-21-10-7-6-9-20(21)28(27(30)35)23(25(33)26(34)31(28)14-8-13-29(3)4)24(32)18-11-12-22-19(16-18)15-17(2)36-22/h6-7,9-12,16-17,32H,5,8,13-15H2,1-4H3/b24-23-. The molecule has 1 fully saturated rings. The number of amides is 2. The Balaban J connectivity index is 1.74. The van der Waals surface area contributed by atoms with Gasteiger partial charge in [0.1, 0.15) is 17.6 Å². The molecular formula is C28H31N3O5. The molecule has 36 heavy (non-hydrogen) atoms. The molecule has 0 radical (unpaired) electrons. The van der Waals surface area contributed by atoms with Crippen molar-refractivity contribution >= 4 is 29.0 Å². The lowest BCUT2D eigenvalue weighted by Gasteiger charge is -2.34. The number of likely N-dealkylation sites (N-methyl/N-ethyl adjacent to an activating group) is 1. The molecule has 2 amide bonds. The fraction of sp³-hybridized carbons (Fsp3) is 0.393. The minimum atomic E-state index is -1.71. The topological polar surface area (TPSA) is 90.4 Å². The average Bonchev–Trinajstić information content (AvgIpc) is 3.42. The van der Waals surface area contributed by atoms with Gasteiger partial charge in [0, 0.05) is 30.6 Å². The third-order valence-electron chi connectivity index (χ3n) is 7.28. The van der Waals surface area contributed by atoms with Gasteiger partial charge in [-0.05, 0) is 70.7 Å². The summed E-state index contributed by atoms with van der Waals surface area (Å²) >= 11 is 0. The molecule has 0 aromatic heterocycles. The summed E-state index contributed by atoms with van der Waals surface area (Å²) < 4.78 is 5.78. The highest BCUT2D eigenvalue weighted by atomic mass is 16.5. The fourth-order valence-electron chi connectivity index (χ4n) is 5.74. The number of rotatable bonds is 6. The lowest BCUT2D eigenvalue weighted by molar-refractivity contribution is -0.143. The summed E-state index contributed by atoms with van der Waals surface area (Å²) in [7, 11) is 3.86. The van der Waals surface area contributed by atoms with E-state index in [1.165, 1.54) is 4.90 Å². The second-order valence-corrected chi connectivity index (χ2v) is 9.90. The molecule has 188 valence electrons. The Morgan fingerprint density at radius 3 is 2.64 bits per heavy atom. The van der Waals surface area contributed by atoms with Crippen LogP contribution < -0.4 is 9.64 Å². The van der Waals surface area contributed by atoms with Crippen molar-refractivity contribution < 1.29 is 24.2 Å². The van der Waals surface area contributed by atoms with E-state index in [1.54, 1.807) is 35.2 Å². The van der Waals surface area contributed by atoms with Gasteiger partial charge in [-0.2, -0.15) is 0 Å². The van der Waals surface area contributed by atoms with Crippen LogP contribution >= 0.6 is 0 Å². The van der Waals surface area contributed by atoms with Gasteiger partial charge in [-0.25, -0.2) is 0 Å². The molecule has 1 spiro atoms. The van der Waals surface area contributed by atoms with Crippen LogP contribution in [0.15, 0.2) is 48.0 Å². The van der Waals surface area contributed by atoms with E-state index in [9.17, 15) is 19.5 Å². The maximum Gasteiger partial charge on any atom is 0.296 e. The van der Waals surface area contributed by atoms with Crippen molar-refractivity contribution in [2.75, 3.05) is 38.6 Å². The van der Waals surface area contributed by atoms with Crippen LogP contribution in [0.5, 0.6) is 5.75 Å². The van der Waals surface area contributed by atoms with Crippen LogP contribution in [-0.4, -0.2) is 72.3 Å². The molecule has 8 nitrogen and oxygen atoms in total. The Labute approximate surface area is 210 Å². The predicted octanol–water partition coefficient (Wildman–Crippen LogP) is 2.90. The number of anilines is 1. The first-order valence-corrected chi connectivity index (χ1v) is 12.4. The van der Waals surface area contributed by atoms with E-state index in [-0.39, 0.29) is 24.0 Å². The summed E-state index contributed by atoms with van der Waals surface area (Å²) in [4.78, 5) is 46.3. The van der Waals surface area contributed by atoms with Crippen molar-refractivity contribution in [3.8, 4) is 5.75 Å². The number of hydrogen-bond donors (Lipinski definition) is 1. The number of fused-ring (bicyclic) bond motifs is 3. The number of ether oxygens (including phenoxy) is 1. The van der Waals surface area contributed by atoms with Crippen molar-refractivity contribution in [3.05, 3.63) is 64.7 Å². The zero-order chi connectivity index (χ0) is 25.8. The van der Waals surface area contributed by atoms with Crippen LogP contribution in [0, 0.1) is 0 Å². The smallest absolute Gasteiger partial charge is 0.296 e. The van der Waals surface area contributed by atoms with Gasteiger partial charge < -0.3 is 24.5 Å². The molecule has 3 heterocycles. The summed E-state index contributed by atoms with van der Waals surface area (Å²) in [5.41, 5.74) is 0.608. The van der Waals surface area contributed by atoms with E-state index < -0.39 is 23.1 Å². The van der Waals surface area contributed by atoms with E-state index in [1.807, 2.05) is 45.0 Å². The van der Waals surface area contributed by atoms with E-state index in [4.69, 9.17) is 4.74 Å². The van der Waals surface area contributed by atoms with Gasteiger partial charge in [0.05, 0.1) is 11.3 Å². The predicted molar refractivity (Wildman–Crippen MR) is 136 cm³/mol. The molecule has 2 unspecified atom stereocenters. The molecule has 3 aliphatic heterocycles. The van der Waals surface area contributed by atoms with Crippen molar-refractivity contribution in [3.63, 3.8) is 0 Å². The molecule has 2 atom stereocenters. The molecule has 1 saturated heterocycles. The van der Waals surface area contributed by atoms with Gasteiger partial charge in [-0.3, -0.25) is 14.4 Å². The molecule has 0 saturated carbocycles. The average molecular weight is 490 g/mol.